The molecule has 0 fully saturated rings. The summed E-state index contributed by atoms with van der Waals surface area (Å²) < 4.78 is 7.29. The van der Waals surface area contributed by atoms with Crippen molar-refractivity contribution in [1.82, 2.24) is 9.55 Å². The summed E-state index contributed by atoms with van der Waals surface area (Å²) in [4.78, 5) is 15.3. The lowest BCUT2D eigenvalue weighted by Crippen LogP contribution is -2.08. The van der Waals surface area contributed by atoms with E-state index in [9.17, 15) is 4.79 Å². The number of imidazole rings is 1. The highest BCUT2D eigenvalue weighted by molar-refractivity contribution is 9.10. The van der Waals surface area contributed by atoms with Crippen molar-refractivity contribution in [3.63, 3.8) is 0 Å². The average Bonchev–Trinajstić information content (AvgIpc) is 2.70. The molecule has 6 heteroatoms. The number of aromatic nitrogens is 2. The molecule has 0 spiro atoms. The minimum absolute atomic E-state index is 0.146. The average molecular weight is 310 g/mol. The largest absolute Gasteiger partial charge is 0.464 e. The number of halogens is 1. The molecular formula is C12H12BrN3O2. The molecule has 0 radical (unpaired) electrons. The van der Waals surface area contributed by atoms with Crippen LogP contribution < -0.4 is 5.73 Å². The molecule has 1 heterocycles. The van der Waals surface area contributed by atoms with E-state index in [0.29, 0.717) is 12.4 Å². The third kappa shape index (κ3) is 2.53. The van der Waals surface area contributed by atoms with Gasteiger partial charge in [-0.25, -0.2) is 9.78 Å². The highest BCUT2D eigenvalue weighted by atomic mass is 79.9. The van der Waals surface area contributed by atoms with Crippen LogP contribution in [0, 0.1) is 0 Å². The first-order chi connectivity index (χ1) is 8.61. The van der Waals surface area contributed by atoms with Crippen molar-refractivity contribution in [1.29, 1.82) is 0 Å². The molecule has 1 aromatic heterocycles. The van der Waals surface area contributed by atoms with Gasteiger partial charge in [-0.15, -0.1) is 0 Å². The maximum absolute atomic E-state index is 11.4. The number of nitrogens with zero attached hydrogens (tertiary/aromatic N) is 2. The predicted molar refractivity (Wildman–Crippen MR) is 71.2 cm³/mol. The van der Waals surface area contributed by atoms with Crippen molar-refractivity contribution in [3.05, 3.63) is 46.3 Å². The minimum atomic E-state index is -0.527. The number of hydrogen-bond donors (Lipinski definition) is 1. The summed E-state index contributed by atoms with van der Waals surface area (Å²) in [6.07, 6.45) is 1.53. The lowest BCUT2D eigenvalue weighted by atomic mass is 10.2. The molecule has 0 aliphatic rings. The van der Waals surface area contributed by atoms with E-state index in [0.717, 1.165) is 10.0 Å². The third-order valence-corrected chi connectivity index (χ3v) is 2.99. The lowest BCUT2D eigenvalue weighted by molar-refractivity contribution is 0.0596. The molecule has 2 N–H and O–H groups in total. The van der Waals surface area contributed by atoms with Gasteiger partial charge in [0, 0.05) is 4.47 Å². The Bertz CT molecular complexity index is 580. The monoisotopic (exact) mass is 309 g/mol. The Kier molecular flexibility index (Phi) is 3.66. The molecule has 0 saturated heterocycles. The molecule has 0 bridgehead atoms. The lowest BCUT2D eigenvalue weighted by Gasteiger charge is -2.06. The zero-order valence-electron chi connectivity index (χ0n) is 9.76. The van der Waals surface area contributed by atoms with Gasteiger partial charge in [0.25, 0.3) is 0 Å². The van der Waals surface area contributed by atoms with Crippen molar-refractivity contribution in [3.8, 4) is 0 Å². The Morgan fingerprint density at radius 2 is 2.33 bits per heavy atom. The van der Waals surface area contributed by atoms with Gasteiger partial charge in [-0.1, -0.05) is 28.1 Å². The molecular weight excluding hydrogens is 298 g/mol. The molecule has 0 aliphatic carbocycles. The van der Waals surface area contributed by atoms with Crippen molar-refractivity contribution >= 4 is 27.7 Å². The number of hydrogen-bond acceptors (Lipinski definition) is 4. The van der Waals surface area contributed by atoms with E-state index in [-0.39, 0.29) is 5.69 Å². The fraction of sp³-hybridized carbons (Fsp3) is 0.167. The van der Waals surface area contributed by atoms with E-state index in [1.807, 2.05) is 24.3 Å². The molecule has 0 saturated carbocycles. The molecule has 94 valence electrons. The van der Waals surface area contributed by atoms with Gasteiger partial charge in [-0.05, 0) is 17.7 Å². The summed E-state index contributed by atoms with van der Waals surface area (Å²) in [7, 11) is 1.30. The summed E-state index contributed by atoms with van der Waals surface area (Å²) in [5, 5.41) is 0. The number of methoxy groups -OCH3 is 1. The van der Waals surface area contributed by atoms with Gasteiger partial charge in [0.05, 0.1) is 20.0 Å². The van der Waals surface area contributed by atoms with Crippen LogP contribution in [-0.4, -0.2) is 22.6 Å². The van der Waals surface area contributed by atoms with E-state index in [1.54, 1.807) is 4.57 Å². The van der Waals surface area contributed by atoms with E-state index >= 15 is 0 Å². The van der Waals surface area contributed by atoms with E-state index in [4.69, 9.17) is 5.73 Å². The van der Waals surface area contributed by atoms with Crippen LogP contribution in [0.15, 0.2) is 35.1 Å². The van der Waals surface area contributed by atoms with Gasteiger partial charge in [0.1, 0.15) is 5.82 Å². The zero-order chi connectivity index (χ0) is 13.1. The summed E-state index contributed by atoms with van der Waals surface area (Å²) in [5.41, 5.74) is 7.06. The number of carbonyl (C=O) groups is 1. The quantitative estimate of drug-likeness (QED) is 0.881. The Morgan fingerprint density at radius 3 is 3.00 bits per heavy atom. The third-order valence-electron chi connectivity index (χ3n) is 2.50. The number of anilines is 1. The SMILES string of the molecule is COC(=O)c1ncn(Cc2cccc(Br)c2)c1N. The molecule has 18 heavy (non-hydrogen) atoms. The Labute approximate surface area is 113 Å². The Balaban J connectivity index is 2.25. The van der Waals surface area contributed by atoms with Crippen molar-refractivity contribution in [2.45, 2.75) is 6.54 Å². The second-order valence-electron chi connectivity index (χ2n) is 3.73. The summed E-state index contributed by atoms with van der Waals surface area (Å²) >= 11 is 3.40. The second kappa shape index (κ2) is 5.22. The molecule has 0 aliphatic heterocycles. The molecule has 0 atom stereocenters. The second-order valence-corrected chi connectivity index (χ2v) is 4.64. The van der Waals surface area contributed by atoms with Gasteiger partial charge in [-0.3, -0.25) is 0 Å². The highest BCUT2D eigenvalue weighted by Gasteiger charge is 2.15. The van der Waals surface area contributed by atoms with Gasteiger partial charge in [0.2, 0.25) is 0 Å². The van der Waals surface area contributed by atoms with E-state index in [1.165, 1.54) is 13.4 Å². The van der Waals surface area contributed by atoms with Crippen molar-refractivity contribution < 1.29 is 9.53 Å². The molecule has 2 aromatic rings. The van der Waals surface area contributed by atoms with E-state index in [2.05, 4.69) is 25.7 Å². The van der Waals surface area contributed by atoms with Crippen LogP contribution in [0.25, 0.3) is 0 Å². The first kappa shape index (κ1) is 12.6. The molecule has 2 rings (SSSR count). The number of rotatable bonds is 3. The van der Waals surface area contributed by atoms with Crippen LogP contribution in [0.5, 0.6) is 0 Å². The summed E-state index contributed by atoms with van der Waals surface area (Å²) in [5.74, 6) is -0.220. The van der Waals surface area contributed by atoms with Crippen LogP contribution in [-0.2, 0) is 11.3 Å². The van der Waals surface area contributed by atoms with Crippen molar-refractivity contribution in [2.75, 3.05) is 12.8 Å². The first-order valence-electron chi connectivity index (χ1n) is 5.25. The van der Waals surface area contributed by atoms with Gasteiger partial charge in [-0.2, -0.15) is 0 Å². The number of benzene rings is 1. The molecule has 0 unspecified atom stereocenters. The standard InChI is InChI=1S/C12H12BrN3O2/c1-18-12(17)10-11(14)16(7-15-10)6-8-3-2-4-9(13)5-8/h2-5,7H,6,14H2,1H3. The fourth-order valence-electron chi connectivity index (χ4n) is 1.60. The number of esters is 1. The Hall–Kier alpha value is -1.82. The van der Waals surface area contributed by atoms with Crippen LogP contribution in [0.1, 0.15) is 16.1 Å². The maximum atomic E-state index is 11.4. The number of ether oxygens (including phenoxy) is 1. The van der Waals surface area contributed by atoms with Crippen LogP contribution in [0.2, 0.25) is 0 Å². The molecule has 5 nitrogen and oxygen atoms in total. The van der Waals surface area contributed by atoms with Gasteiger partial charge >= 0.3 is 5.97 Å². The maximum Gasteiger partial charge on any atom is 0.360 e. The first-order valence-corrected chi connectivity index (χ1v) is 6.04. The number of carbonyl (C=O) groups excluding carboxylic acids is 1. The van der Waals surface area contributed by atoms with Crippen molar-refractivity contribution in [2.24, 2.45) is 0 Å². The van der Waals surface area contributed by atoms with Crippen LogP contribution in [0.3, 0.4) is 0 Å². The van der Waals surface area contributed by atoms with Crippen LogP contribution in [0.4, 0.5) is 5.82 Å². The zero-order valence-corrected chi connectivity index (χ0v) is 11.3. The highest BCUT2D eigenvalue weighted by Crippen LogP contribution is 2.16. The van der Waals surface area contributed by atoms with Gasteiger partial charge < -0.3 is 15.0 Å². The molecule has 0 amide bonds. The van der Waals surface area contributed by atoms with E-state index < -0.39 is 5.97 Å². The minimum Gasteiger partial charge on any atom is -0.464 e. The summed E-state index contributed by atoms with van der Waals surface area (Å²) in [6.45, 7) is 0.551. The normalized spacial score (nSPS) is 10.3. The number of nitrogens with two attached hydrogens (primary N) is 1. The Morgan fingerprint density at radius 1 is 1.56 bits per heavy atom. The molecule has 1 aromatic carbocycles. The fourth-order valence-corrected chi connectivity index (χ4v) is 2.05. The van der Waals surface area contributed by atoms with Crippen LogP contribution >= 0.6 is 15.9 Å². The predicted octanol–water partition coefficient (Wildman–Crippen LogP) is 2.06. The summed E-state index contributed by atoms with van der Waals surface area (Å²) in [6, 6.07) is 7.84. The van der Waals surface area contributed by atoms with Gasteiger partial charge in [0.15, 0.2) is 5.69 Å². The number of nitrogen functional groups attached to an aromatic ring is 1. The smallest absolute Gasteiger partial charge is 0.360 e. The topological polar surface area (TPSA) is 70.1 Å².